The topological polar surface area (TPSA) is 93.9 Å². The van der Waals surface area contributed by atoms with Crippen LogP contribution < -0.4 is 4.72 Å². The van der Waals surface area contributed by atoms with E-state index in [1.165, 1.54) is 10.8 Å². The highest BCUT2D eigenvalue weighted by Crippen LogP contribution is 2.34. The van der Waals surface area contributed by atoms with E-state index >= 15 is 0 Å². The Morgan fingerprint density at radius 2 is 1.71 bits per heavy atom. The molecular formula is C16H7Cl3F4N4O3S. The van der Waals surface area contributed by atoms with Crippen LogP contribution in [0.3, 0.4) is 0 Å². The van der Waals surface area contributed by atoms with Gasteiger partial charge < -0.3 is 0 Å². The summed E-state index contributed by atoms with van der Waals surface area (Å²) in [5.41, 5.74) is -3.54. The summed E-state index contributed by atoms with van der Waals surface area (Å²) in [7, 11) is -4.73. The third-order valence-electron chi connectivity index (χ3n) is 3.70. The number of amides is 1. The highest BCUT2D eigenvalue weighted by molar-refractivity contribution is 7.90. The molecule has 0 spiro atoms. The van der Waals surface area contributed by atoms with Crippen LogP contribution in [0.5, 0.6) is 0 Å². The Morgan fingerprint density at radius 3 is 2.32 bits per heavy atom. The predicted molar refractivity (Wildman–Crippen MR) is 102 cm³/mol. The first-order valence-electron chi connectivity index (χ1n) is 7.82. The van der Waals surface area contributed by atoms with E-state index in [0.29, 0.717) is 0 Å². The fraction of sp³-hybridized carbons (Fsp3) is 0.0625. The van der Waals surface area contributed by atoms with Crippen molar-refractivity contribution < 1.29 is 30.8 Å². The summed E-state index contributed by atoms with van der Waals surface area (Å²) in [6.07, 6.45) is -5.22. The fourth-order valence-electron chi connectivity index (χ4n) is 2.42. The smallest absolute Gasteiger partial charge is 0.266 e. The molecule has 0 radical (unpaired) electrons. The first kappa shape index (κ1) is 23.3. The van der Waals surface area contributed by atoms with Gasteiger partial charge in [0.2, 0.25) is 0 Å². The lowest BCUT2D eigenvalue weighted by molar-refractivity contribution is -0.143. The monoisotopic (exact) mass is 516 g/mol. The molecular weight excluding hydrogens is 511 g/mol. The van der Waals surface area contributed by atoms with E-state index in [4.69, 9.17) is 34.8 Å². The molecule has 31 heavy (non-hydrogen) atoms. The SMILES string of the molecule is O=C(NS(=O)(=O)c1cc(Cl)ccc1Cl)c1nnn(-c2ccc(F)cc2Cl)c1C(F)(F)F. The van der Waals surface area contributed by atoms with E-state index in [0.717, 1.165) is 30.3 Å². The Bertz CT molecular complexity index is 1300. The van der Waals surface area contributed by atoms with Crippen LogP contribution in [-0.4, -0.2) is 29.3 Å². The van der Waals surface area contributed by atoms with Crippen molar-refractivity contribution in [1.29, 1.82) is 0 Å². The Kier molecular flexibility index (Phi) is 6.20. The number of nitrogens with zero attached hydrogens (tertiary/aromatic N) is 3. The molecule has 1 N–H and O–H groups in total. The molecule has 0 bridgehead atoms. The van der Waals surface area contributed by atoms with Crippen LogP contribution in [0.4, 0.5) is 17.6 Å². The van der Waals surface area contributed by atoms with Gasteiger partial charge in [0.1, 0.15) is 10.7 Å². The molecule has 0 aliphatic carbocycles. The lowest BCUT2D eigenvalue weighted by Gasteiger charge is -2.12. The number of alkyl halides is 3. The molecule has 7 nitrogen and oxygen atoms in total. The minimum absolute atomic E-state index is 0.0508. The van der Waals surface area contributed by atoms with E-state index < -0.39 is 54.9 Å². The van der Waals surface area contributed by atoms with E-state index in [2.05, 4.69) is 10.3 Å². The van der Waals surface area contributed by atoms with Gasteiger partial charge in [0.25, 0.3) is 15.9 Å². The van der Waals surface area contributed by atoms with Gasteiger partial charge in [0.15, 0.2) is 11.4 Å². The third-order valence-corrected chi connectivity index (χ3v) is 6.05. The van der Waals surface area contributed by atoms with Crippen molar-refractivity contribution in [3.8, 4) is 5.69 Å². The summed E-state index contributed by atoms with van der Waals surface area (Å²) in [5, 5.41) is 5.54. The van der Waals surface area contributed by atoms with Crippen LogP contribution in [0.2, 0.25) is 15.1 Å². The molecule has 1 heterocycles. The summed E-state index contributed by atoms with van der Waals surface area (Å²) in [4.78, 5) is 11.8. The van der Waals surface area contributed by atoms with Crippen molar-refractivity contribution in [2.24, 2.45) is 0 Å². The van der Waals surface area contributed by atoms with E-state index in [-0.39, 0.29) is 14.7 Å². The number of hydrogen-bond donors (Lipinski definition) is 1. The molecule has 3 rings (SSSR count). The quantitative estimate of drug-likeness (QED) is 0.514. The molecule has 15 heteroatoms. The molecule has 0 atom stereocenters. The van der Waals surface area contributed by atoms with Gasteiger partial charge in [-0.2, -0.15) is 13.2 Å². The first-order valence-corrected chi connectivity index (χ1v) is 10.4. The normalized spacial score (nSPS) is 12.1. The fourth-order valence-corrected chi connectivity index (χ4v) is 4.38. The number of rotatable bonds is 4. The van der Waals surface area contributed by atoms with Gasteiger partial charge in [-0.1, -0.05) is 40.0 Å². The molecule has 0 unspecified atom stereocenters. The number of carbonyl (C=O) groups is 1. The standard InChI is InChI=1S/C16H7Cl3F4N4O3S/c17-7-1-3-9(18)12(5-7)31(29,30)25-15(28)13-14(16(21,22)23)27(26-24-13)11-4-2-8(20)6-10(11)19/h1-6H,(H,25,28). The van der Waals surface area contributed by atoms with Gasteiger partial charge in [0.05, 0.1) is 15.7 Å². The zero-order valence-corrected chi connectivity index (χ0v) is 17.7. The van der Waals surface area contributed by atoms with Crippen molar-refractivity contribution in [1.82, 2.24) is 19.7 Å². The number of carbonyl (C=O) groups excluding carboxylic acids is 1. The highest BCUT2D eigenvalue weighted by Gasteiger charge is 2.43. The minimum atomic E-state index is -5.22. The first-order chi connectivity index (χ1) is 14.3. The number of nitrogens with one attached hydrogen (secondary N) is 1. The summed E-state index contributed by atoms with van der Waals surface area (Å²) in [5.74, 6) is -2.57. The second-order valence-corrected chi connectivity index (χ2v) is 8.70. The van der Waals surface area contributed by atoms with Gasteiger partial charge in [-0.25, -0.2) is 22.2 Å². The van der Waals surface area contributed by atoms with Crippen LogP contribution in [0.15, 0.2) is 41.3 Å². The van der Waals surface area contributed by atoms with E-state index in [1.54, 1.807) is 0 Å². The van der Waals surface area contributed by atoms with Crippen LogP contribution in [0, 0.1) is 5.82 Å². The van der Waals surface area contributed by atoms with Gasteiger partial charge in [-0.3, -0.25) is 4.79 Å². The number of sulfonamides is 1. The maximum absolute atomic E-state index is 13.7. The molecule has 1 aromatic heterocycles. The molecule has 0 aliphatic heterocycles. The maximum Gasteiger partial charge on any atom is 0.435 e. The van der Waals surface area contributed by atoms with Gasteiger partial charge in [0, 0.05) is 5.02 Å². The second kappa shape index (κ2) is 8.26. The Hall–Kier alpha value is -2.41. The van der Waals surface area contributed by atoms with E-state index in [9.17, 15) is 30.8 Å². The maximum atomic E-state index is 13.7. The average Bonchev–Trinajstić information content (AvgIpc) is 3.08. The summed E-state index contributed by atoms with van der Waals surface area (Å²) >= 11 is 17.3. The van der Waals surface area contributed by atoms with Crippen molar-refractivity contribution in [2.45, 2.75) is 11.1 Å². The molecule has 0 saturated carbocycles. The summed E-state index contributed by atoms with van der Waals surface area (Å²) in [6.45, 7) is 0. The molecule has 0 fully saturated rings. The average molecular weight is 518 g/mol. The summed E-state index contributed by atoms with van der Waals surface area (Å²) in [6, 6.07) is 5.71. The lowest BCUT2D eigenvalue weighted by atomic mass is 10.2. The zero-order chi connectivity index (χ0) is 23.1. The van der Waals surface area contributed by atoms with Crippen molar-refractivity contribution in [3.05, 3.63) is 68.7 Å². The number of benzene rings is 2. The van der Waals surface area contributed by atoms with Crippen LogP contribution >= 0.6 is 34.8 Å². The Morgan fingerprint density at radius 1 is 1.03 bits per heavy atom. The number of hydrogen-bond acceptors (Lipinski definition) is 5. The van der Waals surface area contributed by atoms with Crippen LogP contribution in [0.1, 0.15) is 16.2 Å². The van der Waals surface area contributed by atoms with Gasteiger partial charge in [-0.05, 0) is 36.4 Å². The number of aromatic nitrogens is 3. The number of halogens is 7. The Balaban J connectivity index is 2.08. The molecule has 164 valence electrons. The lowest BCUT2D eigenvalue weighted by Crippen LogP contribution is -2.33. The summed E-state index contributed by atoms with van der Waals surface area (Å²) < 4.78 is 80.8. The van der Waals surface area contributed by atoms with Crippen molar-refractivity contribution in [3.63, 3.8) is 0 Å². The van der Waals surface area contributed by atoms with Crippen molar-refractivity contribution >= 4 is 50.7 Å². The Labute approximate surface area is 186 Å². The largest absolute Gasteiger partial charge is 0.435 e. The molecule has 1 amide bonds. The van der Waals surface area contributed by atoms with Crippen LogP contribution in [0.25, 0.3) is 5.69 Å². The van der Waals surface area contributed by atoms with Crippen molar-refractivity contribution in [2.75, 3.05) is 0 Å². The van der Waals surface area contributed by atoms with E-state index in [1.807, 2.05) is 0 Å². The highest BCUT2D eigenvalue weighted by atomic mass is 35.5. The molecule has 2 aromatic carbocycles. The third kappa shape index (κ3) is 4.76. The molecule has 0 aliphatic rings. The van der Waals surface area contributed by atoms with Crippen LogP contribution in [-0.2, 0) is 16.2 Å². The zero-order valence-electron chi connectivity index (χ0n) is 14.6. The van der Waals surface area contributed by atoms with Gasteiger partial charge in [-0.15, -0.1) is 5.10 Å². The molecule has 0 saturated heterocycles. The predicted octanol–water partition coefficient (Wildman–Crippen LogP) is 4.50. The minimum Gasteiger partial charge on any atom is -0.266 e. The second-order valence-electron chi connectivity index (χ2n) is 5.80. The molecule has 3 aromatic rings. The van der Waals surface area contributed by atoms with Gasteiger partial charge >= 0.3 is 6.18 Å².